The molecule has 5 nitrogen and oxygen atoms in total. The lowest BCUT2D eigenvalue weighted by atomic mass is 9.99. The van der Waals surface area contributed by atoms with Crippen LogP contribution in [-0.2, 0) is 0 Å². The molecule has 18 heavy (non-hydrogen) atoms. The molecule has 0 aromatic carbocycles. The van der Waals surface area contributed by atoms with Gasteiger partial charge in [-0.15, -0.1) is 0 Å². The third kappa shape index (κ3) is 2.31. The number of aromatic nitrogens is 1. The average Bonchev–Trinajstić information content (AvgIpc) is 2.32. The summed E-state index contributed by atoms with van der Waals surface area (Å²) in [5, 5.41) is 9.67. The highest BCUT2D eigenvalue weighted by Crippen LogP contribution is 2.22. The molecule has 0 bridgehead atoms. The van der Waals surface area contributed by atoms with Gasteiger partial charge in [0.15, 0.2) is 5.69 Å². The number of rotatable bonds is 1. The van der Waals surface area contributed by atoms with E-state index < -0.39 is 0 Å². The fourth-order valence-corrected chi connectivity index (χ4v) is 2.12. The van der Waals surface area contributed by atoms with Crippen LogP contribution in [0, 0.1) is 0 Å². The zero-order chi connectivity index (χ0) is 13.3. The van der Waals surface area contributed by atoms with Crippen LogP contribution in [0.15, 0.2) is 18.3 Å². The quantitative estimate of drug-likeness (QED) is 0.805. The maximum Gasteiger partial charge on any atom is 0.276 e. The number of piperazine rings is 1. The minimum absolute atomic E-state index is 0.0563. The van der Waals surface area contributed by atoms with Crippen molar-refractivity contribution in [3.63, 3.8) is 0 Å². The van der Waals surface area contributed by atoms with Crippen molar-refractivity contribution in [2.45, 2.75) is 19.4 Å². The number of amides is 1. The summed E-state index contributed by atoms with van der Waals surface area (Å²) in [6.07, 6.45) is 1.52. The Balaban J connectivity index is 2.18. The van der Waals surface area contributed by atoms with Gasteiger partial charge in [0, 0.05) is 31.4 Å². The van der Waals surface area contributed by atoms with Crippen LogP contribution in [0.25, 0.3) is 0 Å². The Kier molecular flexibility index (Phi) is 3.26. The summed E-state index contributed by atoms with van der Waals surface area (Å²) in [5.74, 6) is -0.256. The van der Waals surface area contributed by atoms with Crippen LogP contribution in [0.4, 0.5) is 0 Å². The topological polar surface area (TPSA) is 56.7 Å². The van der Waals surface area contributed by atoms with Crippen molar-refractivity contribution in [3.05, 3.63) is 24.0 Å². The molecule has 1 aromatic rings. The third-order valence-electron chi connectivity index (χ3n) is 3.59. The van der Waals surface area contributed by atoms with E-state index in [4.69, 9.17) is 0 Å². The summed E-state index contributed by atoms with van der Waals surface area (Å²) in [6.45, 7) is 6.33. The molecule has 0 spiro atoms. The first-order valence-electron chi connectivity index (χ1n) is 6.06. The molecular formula is C13H19N3O2. The lowest BCUT2D eigenvalue weighted by molar-refractivity contribution is 0.0305. The molecule has 0 atom stereocenters. The van der Waals surface area contributed by atoms with Crippen molar-refractivity contribution < 1.29 is 9.90 Å². The van der Waals surface area contributed by atoms with Crippen molar-refractivity contribution in [1.29, 1.82) is 0 Å². The SMILES string of the molecule is CN1CCN(C(=O)c2ncccc2O)CC1(C)C. The summed E-state index contributed by atoms with van der Waals surface area (Å²) in [6, 6.07) is 3.10. The molecule has 5 heteroatoms. The first-order chi connectivity index (χ1) is 8.42. The maximum absolute atomic E-state index is 12.3. The summed E-state index contributed by atoms with van der Waals surface area (Å²) in [4.78, 5) is 20.2. The Morgan fingerprint density at radius 3 is 2.78 bits per heavy atom. The average molecular weight is 249 g/mol. The molecule has 0 radical (unpaired) electrons. The second-order valence-electron chi connectivity index (χ2n) is 5.33. The van der Waals surface area contributed by atoms with Crippen molar-refractivity contribution in [2.24, 2.45) is 0 Å². The van der Waals surface area contributed by atoms with Gasteiger partial charge in [0.2, 0.25) is 0 Å². The van der Waals surface area contributed by atoms with Gasteiger partial charge in [-0.2, -0.15) is 0 Å². The van der Waals surface area contributed by atoms with Crippen LogP contribution in [0.1, 0.15) is 24.3 Å². The van der Waals surface area contributed by atoms with Gasteiger partial charge in [0.05, 0.1) is 0 Å². The zero-order valence-corrected chi connectivity index (χ0v) is 11.1. The number of aromatic hydroxyl groups is 1. The molecule has 1 aromatic heterocycles. The van der Waals surface area contributed by atoms with E-state index in [9.17, 15) is 9.90 Å². The lowest BCUT2D eigenvalue weighted by Crippen LogP contribution is -2.58. The summed E-state index contributed by atoms with van der Waals surface area (Å²) < 4.78 is 0. The Morgan fingerprint density at radius 2 is 2.17 bits per heavy atom. The molecule has 0 unspecified atom stereocenters. The van der Waals surface area contributed by atoms with Crippen molar-refractivity contribution in [2.75, 3.05) is 26.7 Å². The Morgan fingerprint density at radius 1 is 1.44 bits per heavy atom. The number of pyridine rings is 1. The smallest absolute Gasteiger partial charge is 0.276 e. The minimum atomic E-state index is -0.200. The summed E-state index contributed by atoms with van der Waals surface area (Å²) in [5.41, 5.74) is 0.0797. The number of hydrogen-bond acceptors (Lipinski definition) is 4. The monoisotopic (exact) mass is 249 g/mol. The van der Waals surface area contributed by atoms with E-state index >= 15 is 0 Å². The summed E-state index contributed by atoms with van der Waals surface area (Å²) in [7, 11) is 2.06. The molecule has 0 saturated carbocycles. The molecule has 1 fully saturated rings. The van der Waals surface area contributed by atoms with Crippen LogP contribution in [0.3, 0.4) is 0 Å². The second-order valence-corrected chi connectivity index (χ2v) is 5.33. The fraction of sp³-hybridized carbons (Fsp3) is 0.538. The van der Waals surface area contributed by atoms with Crippen LogP contribution < -0.4 is 0 Å². The highest BCUT2D eigenvalue weighted by Gasteiger charge is 2.34. The van der Waals surface area contributed by atoms with E-state index in [0.29, 0.717) is 13.1 Å². The van der Waals surface area contributed by atoms with Crippen molar-refractivity contribution >= 4 is 5.91 Å². The molecule has 1 aliphatic rings. The molecule has 0 aliphatic carbocycles. The van der Waals surface area contributed by atoms with Crippen LogP contribution in [-0.4, -0.2) is 58.0 Å². The number of nitrogens with zero attached hydrogens (tertiary/aromatic N) is 3. The van der Waals surface area contributed by atoms with E-state index in [1.807, 2.05) is 0 Å². The molecular weight excluding hydrogens is 230 g/mol. The third-order valence-corrected chi connectivity index (χ3v) is 3.59. The van der Waals surface area contributed by atoms with Gasteiger partial charge in [-0.1, -0.05) is 0 Å². The number of likely N-dealkylation sites (N-methyl/N-ethyl adjacent to an activating group) is 1. The summed E-state index contributed by atoms with van der Waals surface area (Å²) >= 11 is 0. The van der Waals surface area contributed by atoms with E-state index in [0.717, 1.165) is 6.54 Å². The molecule has 98 valence electrons. The van der Waals surface area contributed by atoms with Gasteiger partial charge in [-0.3, -0.25) is 9.69 Å². The van der Waals surface area contributed by atoms with E-state index in [1.54, 1.807) is 11.0 Å². The zero-order valence-electron chi connectivity index (χ0n) is 11.1. The predicted molar refractivity (Wildman–Crippen MR) is 68.5 cm³/mol. The number of carbonyl (C=O) groups is 1. The molecule has 2 rings (SSSR count). The minimum Gasteiger partial charge on any atom is -0.505 e. The van der Waals surface area contributed by atoms with Crippen LogP contribution in [0.5, 0.6) is 5.75 Å². The second kappa shape index (κ2) is 4.57. The molecule has 1 N–H and O–H groups in total. The fourth-order valence-electron chi connectivity index (χ4n) is 2.12. The molecule has 2 heterocycles. The highest BCUT2D eigenvalue weighted by molar-refractivity contribution is 5.94. The van der Waals surface area contributed by atoms with Gasteiger partial charge in [-0.05, 0) is 33.0 Å². The largest absolute Gasteiger partial charge is 0.505 e. The predicted octanol–water partition coefficient (Wildman–Crippen LogP) is 0.953. The number of hydrogen-bond donors (Lipinski definition) is 1. The van der Waals surface area contributed by atoms with Gasteiger partial charge >= 0.3 is 0 Å². The van der Waals surface area contributed by atoms with Crippen LogP contribution >= 0.6 is 0 Å². The first-order valence-corrected chi connectivity index (χ1v) is 6.06. The van der Waals surface area contributed by atoms with Crippen LogP contribution in [0.2, 0.25) is 0 Å². The highest BCUT2D eigenvalue weighted by atomic mass is 16.3. The molecule has 1 saturated heterocycles. The maximum atomic E-state index is 12.3. The van der Waals surface area contributed by atoms with E-state index in [1.165, 1.54) is 12.3 Å². The standard InChI is InChI=1S/C13H19N3O2/c1-13(2)9-16(8-7-15(13)3)12(18)11-10(17)5-4-6-14-11/h4-6,17H,7-9H2,1-3H3. The van der Waals surface area contributed by atoms with E-state index in [-0.39, 0.29) is 22.9 Å². The molecule has 1 aliphatic heterocycles. The number of carbonyl (C=O) groups excluding carboxylic acids is 1. The van der Waals surface area contributed by atoms with Crippen molar-refractivity contribution in [1.82, 2.24) is 14.8 Å². The molecule has 1 amide bonds. The van der Waals surface area contributed by atoms with Gasteiger partial charge in [0.1, 0.15) is 5.75 Å². The van der Waals surface area contributed by atoms with Crippen molar-refractivity contribution in [3.8, 4) is 5.75 Å². The van der Waals surface area contributed by atoms with E-state index in [2.05, 4.69) is 30.8 Å². The van der Waals surface area contributed by atoms with Gasteiger partial charge in [0.25, 0.3) is 5.91 Å². The Labute approximate surface area is 107 Å². The Bertz CT molecular complexity index is 459. The van der Waals surface area contributed by atoms with Gasteiger partial charge in [-0.25, -0.2) is 4.98 Å². The Hall–Kier alpha value is -1.62. The first kappa shape index (κ1) is 12.8. The normalized spacial score (nSPS) is 19.8. The lowest BCUT2D eigenvalue weighted by Gasteiger charge is -2.45. The van der Waals surface area contributed by atoms with Gasteiger partial charge < -0.3 is 10.0 Å².